The first-order valence-corrected chi connectivity index (χ1v) is 8.52. The SMILES string of the molecule is OCc1cnccc1NCC1CCCN(c2nccn3cnnc23)C1. The van der Waals surface area contributed by atoms with Crippen LogP contribution in [0.3, 0.4) is 0 Å². The third kappa shape index (κ3) is 3.25. The Morgan fingerprint density at radius 1 is 1.32 bits per heavy atom. The van der Waals surface area contributed by atoms with Crippen LogP contribution >= 0.6 is 0 Å². The second-order valence-corrected chi connectivity index (χ2v) is 6.34. The predicted molar refractivity (Wildman–Crippen MR) is 94.4 cm³/mol. The standard InChI is InChI=1S/C17H21N7O/c25-11-14-9-18-4-3-15(14)20-8-13-2-1-6-23(10-13)16-17-22-21-12-24(17)7-5-19-16/h3-5,7,9,12-13,25H,1-2,6,8,10-11H2,(H,18,20). The van der Waals surface area contributed by atoms with E-state index in [2.05, 4.69) is 30.4 Å². The molecule has 1 saturated heterocycles. The van der Waals surface area contributed by atoms with E-state index >= 15 is 0 Å². The van der Waals surface area contributed by atoms with Gasteiger partial charge in [0.05, 0.1) is 6.61 Å². The van der Waals surface area contributed by atoms with E-state index < -0.39 is 0 Å². The minimum Gasteiger partial charge on any atom is -0.392 e. The van der Waals surface area contributed by atoms with Gasteiger partial charge in [0, 0.05) is 55.7 Å². The first-order chi connectivity index (χ1) is 12.3. The Bertz CT molecular complexity index is 850. The lowest BCUT2D eigenvalue weighted by molar-refractivity contribution is 0.282. The molecule has 0 spiro atoms. The van der Waals surface area contributed by atoms with Crippen molar-refractivity contribution in [2.75, 3.05) is 29.9 Å². The number of hydrogen-bond donors (Lipinski definition) is 2. The van der Waals surface area contributed by atoms with Gasteiger partial charge in [-0.1, -0.05) is 0 Å². The number of hydrogen-bond acceptors (Lipinski definition) is 7. The summed E-state index contributed by atoms with van der Waals surface area (Å²) in [4.78, 5) is 10.9. The zero-order valence-electron chi connectivity index (χ0n) is 13.9. The fourth-order valence-electron chi connectivity index (χ4n) is 3.37. The van der Waals surface area contributed by atoms with Crippen LogP contribution in [0.4, 0.5) is 11.5 Å². The molecular weight excluding hydrogens is 318 g/mol. The fraction of sp³-hybridized carbons (Fsp3) is 0.412. The van der Waals surface area contributed by atoms with Crippen molar-refractivity contribution in [2.45, 2.75) is 19.4 Å². The highest BCUT2D eigenvalue weighted by Gasteiger charge is 2.23. The monoisotopic (exact) mass is 339 g/mol. The summed E-state index contributed by atoms with van der Waals surface area (Å²) in [6.45, 7) is 2.74. The Balaban J connectivity index is 1.45. The van der Waals surface area contributed by atoms with Crippen molar-refractivity contribution in [1.29, 1.82) is 0 Å². The summed E-state index contributed by atoms with van der Waals surface area (Å²) in [5.41, 5.74) is 2.57. The molecule has 0 aromatic carbocycles. The molecule has 1 atom stereocenters. The van der Waals surface area contributed by atoms with Crippen LogP contribution in [-0.4, -0.2) is 49.3 Å². The molecule has 0 radical (unpaired) electrons. The van der Waals surface area contributed by atoms with Crippen molar-refractivity contribution in [2.24, 2.45) is 5.92 Å². The van der Waals surface area contributed by atoms with Gasteiger partial charge in [-0.05, 0) is 24.8 Å². The van der Waals surface area contributed by atoms with Gasteiger partial charge in [0.2, 0.25) is 5.65 Å². The number of nitrogens with zero attached hydrogens (tertiary/aromatic N) is 6. The van der Waals surface area contributed by atoms with E-state index in [0.29, 0.717) is 5.92 Å². The molecule has 1 aliphatic heterocycles. The Labute approximate surface area is 145 Å². The van der Waals surface area contributed by atoms with Crippen LogP contribution in [0, 0.1) is 5.92 Å². The zero-order valence-corrected chi connectivity index (χ0v) is 13.9. The van der Waals surface area contributed by atoms with Crippen LogP contribution < -0.4 is 10.2 Å². The third-order valence-electron chi connectivity index (χ3n) is 4.67. The highest BCUT2D eigenvalue weighted by atomic mass is 16.3. The highest BCUT2D eigenvalue weighted by Crippen LogP contribution is 2.24. The first-order valence-electron chi connectivity index (χ1n) is 8.52. The number of anilines is 2. The summed E-state index contributed by atoms with van der Waals surface area (Å²) in [6, 6.07) is 1.91. The van der Waals surface area contributed by atoms with Gasteiger partial charge in [0.1, 0.15) is 6.33 Å². The van der Waals surface area contributed by atoms with Crippen molar-refractivity contribution < 1.29 is 5.11 Å². The molecule has 1 fully saturated rings. The highest BCUT2D eigenvalue weighted by molar-refractivity contribution is 5.63. The topological polar surface area (TPSA) is 91.5 Å². The Hall–Kier alpha value is -2.74. The maximum Gasteiger partial charge on any atom is 0.203 e. The number of piperidine rings is 1. The van der Waals surface area contributed by atoms with E-state index in [4.69, 9.17) is 0 Å². The van der Waals surface area contributed by atoms with E-state index in [1.165, 1.54) is 6.42 Å². The third-order valence-corrected chi connectivity index (χ3v) is 4.67. The van der Waals surface area contributed by atoms with Gasteiger partial charge in [-0.15, -0.1) is 10.2 Å². The second-order valence-electron chi connectivity index (χ2n) is 6.34. The van der Waals surface area contributed by atoms with Gasteiger partial charge < -0.3 is 15.3 Å². The van der Waals surface area contributed by atoms with E-state index in [1.54, 1.807) is 24.9 Å². The van der Waals surface area contributed by atoms with Gasteiger partial charge in [-0.3, -0.25) is 9.38 Å². The normalized spacial score (nSPS) is 17.8. The van der Waals surface area contributed by atoms with Crippen LogP contribution in [0.5, 0.6) is 0 Å². The number of aliphatic hydroxyl groups is 1. The molecule has 0 saturated carbocycles. The predicted octanol–water partition coefficient (Wildman–Crippen LogP) is 1.34. The summed E-state index contributed by atoms with van der Waals surface area (Å²) < 4.78 is 1.90. The van der Waals surface area contributed by atoms with Crippen LogP contribution in [0.1, 0.15) is 18.4 Å². The second kappa shape index (κ2) is 7.02. The van der Waals surface area contributed by atoms with E-state index in [9.17, 15) is 5.11 Å². The maximum absolute atomic E-state index is 9.41. The molecule has 25 heavy (non-hydrogen) atoms. The Kier molecular flexibility index (Phi) is 4.43. The number of aromatic nitrogens is 5. The average Bonchev–Trinajstić information content (AvgIpc) is 3.15. The van der Waals surface area contributed by atoms with Crippen LogP contribution in [-0.2, 0) is 6.61 Å². The lowest BCUT2D eigenvalue weighted by Gasteiger charge is -2.33. The van der Waals surface area contributed by atoms with Crippen molar-refractivity contribution >= 4 is 17.2 Å². The summed E-state index contributed by atoms with van der Waals surface area (Å²) in [6.07, 6.45) is 11.1. The molecular formula is C17H21N7O. The molecule has 0 bridgehead atoms. The number of fused-ring (bicyclic) bond motifs is 1. The zero-order chi connectivity index (χ0) is 17.1. The van der Waals surface area contributed by atoms with Crippen molar-refractivity contribution in [3.05, 3.63) is 42.7 Å². The largest absolute Gasteiger partial charge is 0.392 e. The molecule has 4 rings (SSSR count). The number of aliphatic hydroxyl groups excluding tert-OH is 1. The molecule has 8 nitrogen and oxygen atoms in total. The Morgan fingerprint density at radius 3 is 3.20 bits per heavy atom. The molecule has 0 aliphatic carbocycles. The summed E-state index contributed by atoms with van der Waals surface area (Å²) >= 11 is 0. The first kappa shape index (κ1) is 15.8. The molecule has 8 heteroatoms. The van der Waals surface area contributed by atoms with Gasteiger partial charge in [0.25, 0.3) is 0 Å². The van der Waals surface area contributed by atoms with Crippen molar-refractivity contribution in [1.82, 2.24) is 24.6 Å². The van der Waals surface area contributed by atoms with Gasteiger partial charge in [0.15, 0.2) is 5.82 Å². The maximum atomic E-state index is 9.41. The molecule has 3 aromatic heterocycles. The van der Waals surface area contributed by atoms with Gasteiger partial charge in [-0.25, -0.2) is 4.98 Å². The summed E-state index contributed by atoms with van der Waals surface area (Å²) in [7, 11) is 0. The van der Waals surface area contributed by atoms with Crippen LogP contribution in [0.2, 0.25) is 0 Å². The molecule has 3 aromatic rings. The number of nitrogens with one attached hydrogen (secondary N) is 1. The van der Waals surface area contributed by atoms with E-state index in [1.807, 2.05) is 16.7 Å². The average molecular weight is 339 g/mol. The van der Waals surface area contributed by atoms with E-state index in [0.717, 1.165) is 48.8 Å². The minimum absolute atomic E-state index is 0.00817. The molecule has 0 amide bonds. The van der Waals surface area contributed by atoms with Crippen molar-refractivity contribution in [3.8, 4) is 0 Å². The Morgan fingerprint density at radius 2 is 2.28 bits per heavy atom. The summed E-state index contributed by atoms with van der Waals surface area (Å²) in [5.74, 6) is 1.39. The summed E-state index contributed by atoms with van der Waals surface area (Å²) in [5, 5.41) is 21.0. The molecule has 1 aliphatic rings. The van der Waals surface area contributed by atoms with E-state index in [-0.39, 0.29) is 6.61 Å². The number of rotatable bonds is 5. The number of pyridine rings is 1. The van der Waals surface area contributed by atoms with Crippen LogP contribution in [0.15, 0.2) is 37.2 Å². The van der Waals surface area contributed by atoms with Crippen molar-refractivity contribution in [3.63, 3.8) is 0 Å². The molecule has 1 unspecified atom stereocenters. The van der Waals surface area contributed by atoms with Crippen LogP contribution in [0.25, 0.3) is 5.65 Å². The quantitative estimate of drug-likeness (QED) is 0.725. The molecule has 4 heterocycles. The fourth-order valence-corrected chi connectivity index (χ4v) is 3.37. The van der Waals surface area contributed by atoms with Gasteiger partial charge >= 0.3 is 0 Å². The molecule has 130 valence electrons. The lowest BCUT2D eigenvalue weighted by atomic mass is 9.98. The molecule has 2 N–H and O–H groups in total. The van der Waals surface area contributed by atoms with Gasteiger partial charge in [-0.2, -0.15) is 0 Å². The lowest BCUT2D eigenvalue weighted by Crippen LogP contribution is -2.38. The minimum atomic E-state index is -0.00817. The smallest absolute Gasteiger partial charge is 0.203 e.